The minimum Gasteiger partial charge on any atom is -0.340 e. The van der Waals surface area contributed by atoms with E-state index in [0.29, 0.717) is 25.3 Å². The predicted octanol–water partition coefficient (Wildman–Crippen LogP) is 0.883. The second kappa shape index (κ2) is 6.76. The fourth-order valence-corrected chi connectivity index (χ4v) is 4.25. The average molecular weight is 328 g/mol. The molecule has 1 aliphatic rings. The van der Waals surface area contributed by atoms with Crippen molar-refractivity contribution in [3.8, 4) is 0 Å². The number of amides is 1. The standard InChI is InChI=1S/C14H24N4O3S/c1-4-8-22(20,21)10-14(19)17-7-5-6-13(9-17)18-12(3)15-11(2)16-18/h13H,4-10H2,1-3H3/t13-/m0/s1. The van der Waals surface area contributed by atoms with Gasteiger partial charge in [0.15, 0.2) is 9.84 Å². The fourth-order valence-electron chi connectivity index (χ4n) is 2.93. The maximum Gasteiger partial charge on any atom is 0.237 e. The summed E-state index contributed by atoms with van der Waals surface area (Å²) in [7, 11) is -3.29. The van der Waals surface area contributed by atoms with Crippen LogP contribution in [0.25, 0.3) is 0 Å². The predicted molar refractivity (Wildman–Crippen MR) is 83.3 cm³/mol. The number of hydrogen-bond acceptors (Lipinski definition) is 5. The van der Waals surface area contributed by atoms with Crippen LogP contribution in [0.2, 0.25) is 0 Å². The maximum absolute atomic E-state index is 12.3. The van der Waals surface area contributed by atoms with E-state index in [0.717, 1.165) is 18.7 Å². The van der Waals surface area contributed by atoms with Crippen LogP contribution in [-0.2, 0) is 14.6 Å². The number of aromatic nitrogens is 3. The van der Waals surface area contributed by atoms with Crippen LogP contribution in [0, 0.1) is 13.8 Å². The van der Waals surface area contributed by atoms with Crippen LogP contribution >= 0.6 is 0 Å². The van der Waals surface area contributed by atoms with Gasteiger partial charge in [0.25, 0.3) is 0 Å². The maximum atomic E-state index is 12.3. The third-order valence-corrected chi connectivity index (χ3v) is 5.58. The Morgan fingerprint density at radius 2 is 2.09 bits per heavy atom. The zero-order valence-corrected chi connectivity index (χ0v) is 14.3. The first-order valence-electron chi connectivity index (χ1n) is 7.70. The SMILES string of the molecule is CCCS(=O)(=O)CC(=O)N1CCC[C@H](n2nc(C)nc2C)C1. The van der Waals surface area contributed by atoms with Gasteiger partial charge in [-0.2, -0.15) is 5.10 Å². The molecule has 0 unspecified atom stereocenters. The van der Waals surface area contributed by atoms with Gasteiger partial charge < -0.3 is 4.90 Å². The van der Waals surface area contributed by atoms with E-state index in [4.69, 9.17) is 0 Å². The zero-order chi connectivity index (χ0) is 16.3. The van der Waals surface area contributed by atoms with Crippen molar-refractivity contribution in [3.63, 3.8) is 0 Å². The number of nitrogens with zero attached hydrogens (tertiary/aromatic N) is 4. The second-order valence-electron chi connectivity index (χ2n) is 5.88. The van der Waals surface area contributed by atoms with E-state index in [1.807, 2.05) is 18.5 Å². The molecule has 1 aromatic heterocycles. The molecule has 22 heavy (non-hydrogen) atoms. The Hall–Kier alpha value is -1.44. The molecular weight excluding hydrogens is 304 g/mol. The van der Waals surface area contributed by atoms with Gasteiger partial charge in [-0.25, -0.2) is 18.1 Å². The molecule has 1 fully saturated rings. The van der Waals surface area contributed by atoms with E-state index in [-0.39, 0.29) is 23.5 Å². The summed E-state index contributed by atoms with van der Waals surface area (Å²) in [5.74, 6) is 0.926. The summed E-state index contributed by atoms with van der Waals surface area (Å²) >= 11 is 0. The van der Waals surface area contributed by atoms with Gasteiger partial charge in [-0.15, -0.1) is 0 Å². The Morgan fingerprint density at radius 1 is 1.36 bits per heavy atom. The average Bonchev–Trinajstić information content (AvgIpc) is 2.77. The van der Waals surface area contributed by atoms with Crippen LogP contribution in [0.1, 0.15) is 43.9 Å². The largest absolute Gasteiger partial charge is 0.340 e. The Morgan fingerprint density at radius 3 is 2.68 bits per heavy atom. The van der Waals surface area contributed by atoms with Crippen molar-refractivity contribution in [2.24, 2.45) is 0 Å². The first-order chi connectivity index (χ1) is 10.3. The zero-order valence-electron chi connectivity index (χ0n) is 13.4. The molecule has 1 atom stereocenters. The van der Waals surface area contributed by atoms with Crippen LogP contribution in [-0.4, -0.2) is 58.6 Å². The summed E-state index contributed by atoms with van der Waals surface area (Å²) in [6, 6.07) is 0.0766. The number of aryl methyl sites for hydroxylation is 2. The molecule has 0 radical (unpaired) electrons. The summed E-state index contributed by atoms with van der Waals surface area (Å²) in [5.41, 5.74) is 0. The van der Waals surface area contributed by atoms with E-state index < -0.39 is 9.84 Å². The van der Waals surface area contributed by atoms with E-state index in [1.165, 1.54) is 0 Å². The summed E-state index contributed by atoms with van der Waals surface area (Å²) in [4.78, 5) is 18.2. The van der Waals surface area contributed by atoms with Gasteiger partial charge in [0, 0.05) is 13.1 Å². The van der Waals surface area contributed by atoms with Crippen molar-refractivity contribution in [3.05, 3.63) is 11.6 Å². The van der Waals surface area contributed by atoms with Gasteiger partial charge in [0.2, 0.25) is 5.91 Å². The minimum atomic E-state index is -3.29. The monoisotopic (exact) mass is 328 g/mol. The van der Waals surface area contributed by atoms with Crippen molar-refractivity contribution in [1.29, 1.82) is 0 Å². The van der Waals surface area contributed by atoms with Crippen LogP contribution in [0.15, 0.2) is 0 Å². The number of hydrogen-bond donors (Lipinski definition) is 0. The smallest absolute Gasteiger partial charge is 0.237 e. The molecule has 1 aliphatic heterocycles. The fraction of sp³-hybridized carbons (Fsp3) is 0.786. The number of likely N-dealkylation sites (tertiary alicyclic amines) is 1. The molecule has 8 heteroatoms. The number of piperidine rings is 1. The molecule has 2 rings (SSSR count). The Kier molecular flexibility index (Phi) is 5.20. The lowest BCUT2D eigenvalue weighted by atomic mass is 10.1. The van der Waals surface area contributed by atoms with Crippen molar-refractivity contribution < 1.29 is 13.2 Å². The molecular formula is C14H24N4O3S. The highest BCUT2D eigenvalue weighted by atomic mass is 32.2. The molecule has 0 saturated carbocycles. The van der Waals surface area contributed by atoms with E-state index >= 15 is 0 Å². The quantitative estimate of drug-likeness (QED) is 0.801. The van der Waals surface area contributed by atoms with Crippen LogP contribution < -0.4 is 0 Å². The van der Waals surface area contributed by atoms with Gasteiger partial charge in [0.1, 0.15) is 17.4 Å². The third kappa shape index (κ3) is 4.06. The molecule has 0 bridgehead atoms. The molecule has 0 spiro atoms. The van der Waals surface area contributed by atoms with Crippen molar-refractivity contribution in [2.75, 3.05) is 24.6 Å². The number of sulfone groups is 1. The normalized spacial score (nSPS) is 19.4. The second-order valence-corrected chi connectivity index (χ2v) is 8.06. The first-order valence-corrected chi connectivity index (χ1v) is 9.52. The molecule has 2 heterocycles. The van der Waals surface area contributed by atoms with Gasteiger partial charge in [0.05, 0.1) is 11.8 Å². The Labute approximate surface area is 131 Å². The molecule has 1 saturated heterocycles. The number of carbonyl (C=O) groups is 1. The lowest BCUT2D eigenvalue weighted by molar-refractivity contribution is -0.130. The summed E-state index contributed by atoms with van der Waals surface area (Å²) in [6.07, 6.45) is 2.31. The van der Waals surface area contributed by atoms with Crippen LogP contribution in [0.3, 0.4) is 0 Å². The minimum absolute atomic E-state index is 0.0669. The molecule has 0 aliphatic carbocycles. The molecule has 124 valence electrons. The van der Waals surface area contributed by atoms with Crippen molar-refractivity contribution in [2.45, 2.75) is 46.1 Å². The molecule has 1 aromatic rings. The number of rotatable bonds is 5. The molecule has 0 N–H and O–H groups in total. The van der Waals surface area contributed by atoms with Gasteiger partial charge in [-0.1, -0.05) is 6.92 Å². The van der Waals surface area contributed by atoms with Gasteiger partial charge in [-0.05, 0) is 33.1 Å². The molecule has 7 nitrogen and oxygen atoms in total. The van der Waals surface area contributed by atoms with Crippen molar-refractivity contribution >= 4 is 15.7 Å². The van der Waals surface area contributed by atoms with Gasteiger partial charge >= 0.3 is 0 Å². The van der Waals surface area contributed by atoms with Crippen LogP contribution in [0.4, 0.5) is 0 Å². The lowest BCUT2D eigenvalue weighted by Gasteiger charge is -2.33. The van der Waals surface area contributed by atoms with Crippen molar-refractivity contribution in [1.82, 2.24) is 19.7 Å². The highest BCUT2D eigenvalue weighted by Gasteiger charge is 2.28. The third-order valence-electron chi connectivity index (χ3n) is 3.86. The number of carbonyl (C=O) groups excluding carboxylic acids is 1. The molecule has 0 aromatic carbocycles. The Bertz CT molecular complexity index is 639. The van der Waals surface area contributed by atoms with E-state index in [2.05, 4.69) is 10.1 Å². The summed E-state index contributed by atoms with van der Waals surface area (Å²) in [6.45, 7) is 6.65. The topological polar surface area (TPSA) is 85.2 Å². The van der Waals surface area contributed by atoms with Gasteiger partial charge in [-0.3, -0.25) is 4.79 Å². The van der Waals surface area contributed by atoms with Crippen LogP contribution in [0.5, 0.6) is 0 Å². The first kappa shape index (κ1) is 16.9. The Balaban J connectivity index is 2.04. The molecule has 1 amide bonds. The summed E-state index contributed by atoms with van der Waals surface area (Å²) in [5, 5.41) is 4.38. The summed E-state index contributed by atoms with van der Waals surface area (Å²) < 4.78 is 25.5. The lowest BCUT2D eigenvalue weighted by Crippen LogP contribution is -2.43. The van der Waals surface area contributed by atoms with E-state index in [1.54, 1.807) is 11.8 Å². The van der Waals surface area contributed by atoms with E-state index in [9.17, 15) is 13.2 Å². The highest BCUT2D eigenvalue weighted by molar-refractivity contribution is 7.92. The highest BCUT2D eigenvalue weighted by Crippen LogP contribution is 2.22.